The van der Waals surface area contributed by atoms with Crippen LogP contribution in [0.2, 0.25) is 5.02 Å². The van der Waals surface area contributed by atoms with Crippen LogP contribution in [0.4, 0.5) is 23.0 Å². The molecule has 1 saturated heterocycles. The first-order valence-corrected chi connectivity index (χ1v) is 12.7. The largest absolute Gasteiger partial charge is 0.367 e. The lowest BCUT2D eigenvalue weighted by atomic mass is 10.1. The zero-order chi connectivity index (χ0) is 26.5. The normalized spacial score (nSPS) is 13.2. The number of benzene rings is 3. The van der Waals surface area contributed by atoms with E-state index in [0.29, 0.717) is 24.6 Å². The predicted octanol–water partition coefficient (Wildman–Crippen LogP) is 5.46. The molecular weight excluding hydrogens is 500 g/mol. The third-order valence-electron chi connectivity index (χ3n) is 6.28. The lowest BCUT2D eigenvalue weighted by molar-refractivity contribution is -0.114. The summed E-state index contributed by atoms with van der Waals surface area (Å²) in [5.74, 6) is 0.291. The molecule has 2 heterocycles. The molecule has 0 atom stereocenters. The van der Waals surface area contributed by atoms with Gasteiger partial charge in [-0.15, -0.1) is 0 Å². The first kappa shape index (κ1) is 25.2. The number of nitrogens with one attached hydrogen (secondary N) is 2. The second-order valence-corrected chi connectivity index (χ2v) is 9.37. The van der Waals surface area contributed by atoms with Gasteiger partial charge in [-0.25, -0.2) is 9.97 Å². The molecular formula is C29H27ClN6O2. The third kappa shape index (κ3) is 5.92. The highest BCUT2D eigenvalue weighted by Gasteiger charge is 2.23. The van der Waals surface area contributed by atoms with Crippen molar-refractivity contribution in [3.63, 3.8) is 0 Å². The Morgan fingerprint density at radius 2 is 1.63 bits per heavy atom. The van der Waals surface area contributed by atoms with Gasteiger partial charge in [0, 0.05) is 61.8 Å². The van der Waals surface area contributed by atoms with Gasteiger partial charge in [0.05, 0.1) is 16.4 Å². The van der Waals surface area contributed by atoms with E-state index in [1.807, 2.05) is 83.8 Å². The van der Waals surface area contributed by atoms with Crippen LogP contribution in [0.25, 0.3) is 11.3 Å². The Bertz CT molecular complexity index is 1450. The number of anilines is 4. The number of carbonyl (C=O) groups excluding carboxylic acids is 2. The van der Waals surface area contributed by atoms with Crippen LogP contribution in [0.5, 0.6) is 0 Å². The van der Waals surface area contributed by atoms with E-state index in [1.165, 1.54) is 6.92 Å². The third-order valence-corrected chi connectivity index (χ3v) is 6.60. The van der Waals surface area contributed by atoms with Crippen LogP contribution >= 0.6 is 11.6 Å². The molecule has 2 amide bonds. The van der Waals surface area contributed by atoms with Gasteiger partial charge < -0.3 is 20.4 Å². The van der Waals surface area contributed by atoms with Gasteiger partial charge in [0.2, 0.25) is 11.9 Å². The summed E-state index contributed by atoms with van der Waals surface area (Å²) in [6, 6.07) is 24.4. The number of hydrogen-bond acceptors (Lipinski definition) is 6. The van der Waals surface area contributed by atoms with Crippen molar-refractivity contribution in [1.82, 2.24) is 14.9 Å². The number of hydrogen-bond donors (Lipinski definition) is 2. The molecule has 5 rings (SSSR count). The Morgan fingerprint density at radius 1 is 0.868 bits per heavy atom. The van der Waals surface area contributed by atoms with Crippen molar-refractivity contribution in [2.45, 2.75) is 6.92 Å². The molecule has 0 radical (unpaired) electrons. The zero-order valence-electron chi connectivity index (χ0n) is 20.9. The molecule has 2 N–H and O–H groups in total. The van der Waals surface area contributed by atoms with Gasteiger partial charge in [0.1, 0.15) is 0 Å². The summed E-state index contributed by atoms with van der Waals surface area (Å²) in [5, 5.41) is 6.69. The number of piperazine rings is 1. The number of rotatable bonds is 6. The molecule has 0 aliphatic carbocycles. The first-order chi connectivity index (χ1) is 18.5. The van der Waals surface area contributed by atoms with Crippen LogP contribution in [0.15, 0.2) is 85.1 Å². The van der Waals surface area contributed by atoms with Crippen molar-refractivity contribution in [2.75, 3.05) is 41.7 Å². The molecule has 1 fully saturated rings. The minimum atomic E-state index is -0.119. The molecule has 192 valence electrons. The van der Waals surface area contributed by atoms with E-state index >= 15 is 0 Å². The number of aromatic nitrogens is 2. The molecule has 1 aliphatic heterocycles. The maximum atomic E-state index is 13.2. The summed E-state index contributed by atoms with van der Waals surface area (Å²) in [5.41, 5.74) is 4.68. The fourth-order valence-corrected chi connectivity index (χ4v) is 4.66. The summed E-state index contributed by atoms with van der Waals surface area (Å²) in [7, 11) is 0. The van der Waals surface area contributed by atoms with Crippen molar-refractivity contribution < 1.29 is 9.59 Å². The summed E-state index contributed by atoms with van der Waals surface area (Å²) in [6.45, 7) is 4.15. The summed E-state index contributed by atoms with van der Waals surface area (Å²) in [4.78, 5) is 37.5. The van der Waals surface area contributed by atoms with E-state index in [1.54, 1.807) is 6.20 Å². The first-order valence-electron chi connectivity index (χ1n) is 12.3. The quantitative estimate of drug-likeness (QED) is 0.346. The van der Waals surface area contributed by atoms with Gasteiger partial charge in [-0.3, -0.25) is 9.59 Å². The van der Waals surface area contributed by atoms with Crippen molar-refractivity contribution >= 4 is 46.4 Å². The fraction of sp³-hybridized carbons (Fsp3) is 0.172. The summed E-state index contributed by atoms with van der Waals surface area (Å²) in [6.07, 6.45) is 1.68. The van der Waals surface area contributed by atoms with E-state index in [0.717, 1.165) is 46.4 Å². The number of amides is 2. The van der Waals surface area contributed by atoms with Gasteiger partial charge in [0.15, 0.2) is 0 Å². The Balaban J connectivity index is 1.24. The standard InChI is InChI=1S/C29H27ClN6O2/c1-20(37)32-23-11-9-21(10-12-23)26-13-14-31-29(34-26)33-24-6-4-5-22(19-24)28(38)36-17-15-35(16-18-36)27-8-3-2-7-25(27)30/h2-14,19H,15-18H2,1H3,(H,32,37)(H,31,33,34). The van der Waals surface area contributed by atoms with Crippen LogP contribution < -0.4 is 15.5 Å². The van der Waals surface area contributed by atoms with Crippen LogP contribution in [0, 0.1) is 0 Å². The lowest BCUT2D eigenvalue weighted by Gasteiger charge is -2.36. The van der Waals surface area contributed by atoms with Gasteiger partial charge in [-0.1, -0.05) is 41.9 Å². The Morgan fingerprint density at radius 3 is 2.37 bits per heavy atom. The van der Waals surface area contributed by atoms with Crippen molar-refractivity contribution in [2.24, 2.45) is 0 Å². The second-order valence-electron chi connectivity index (χ2n) is 8.96. The topological polar surface area (TPSA) is 90.5 Å². The van der Waals surface area contributed by atoms with Gasteiger partial charge in [-0.05, 0) is 48.5 Å². The molecule has 0 saturated carbocycles. The molecule has 8 nitrogen and oxygen atoms in total. The monoisotopic (exact) mass is 526 g/mol. The van der Waals surface area contributed by atoms with Crippen LogP contribution in [-0.2, 0) is 4.79 Å². The Kier molecular flexibility index (Phi) is 7.51. The smallest absolute Gasteiger partial charge is 0.254 e. The van der Waals surface area contributed by atoms with Crippen molar-refractivity contribution in [3.8, 4) is 11.3 Å². The van der Waals surface area contributed by atoms with Crippen molar-refractivity contribution in [1.29, 1.82) is 0 Å². The van der Waals surface area contributed by atoms with Gasteiger partial charge in [-0.2, -0.15) is 0 Å². The summed E-state index contributed by atoms with van der Waals surface area (Å²) >= 11 is 6.35. The molecule has 9 heteroatoms. The van der Waals surface area contributed by atoms with E-state index in [4.69, 9.17) is 11.6 Å². The minimum Gasteiger partial charge on any atom is -0.367 e. The molecule has 0 spiro atoms. The number of para-hydroxylation sites is 1. The maximum Gasteiger partial charge on any atom is 0.254 e. The van der Waals surface area contributed by atoms with Crippen LogP contribution in [-0.4, -0.2) is 52.9 Å². The molecule has 1 aromatic heterocycles. The summed E-state index contributed by atoms with van der Waals surface area (Å²) < 4.78 is 0. The van der Waals surface area contributed by atoms with Crippen molar-refractivity contribution in [3.05, 3.63) is 95.6 Å². The number of carbonyl (C=O) groups is 2. The Hall–Kier alpha value is -4.43. The maximum absolute atomic E-state index is 13.2. The molecule has 38 heavy (non-hydrogen) atoms. The number of nitrogens with zero attached hydrogens (tertiary/aromatic N) is 4. The molecule has 0 bridgehead atoms. The molecule has 1 aliphatic rings. The van der Waals surface area contributed by atoms with E-state index in [2.05, 4.69) is 25.5 Å². The Labute approximate surface area is 226 Å². The molecule has 4 aromatic rings. The predicted molar refractivity (Wildman–Crippen MR) is 151 cm³/mol. The van der Waals surface area contributed by atoms with Gasteiger partial charge >= 0.3 is 0 Å². The highest BCUT2D eigenvalue weighted by molar-refractivity contribution is 6.33. The van der Waals surface area contributed by atoms with Gasteiger partial charge in [0.25, 0.3) is 5.91 Å². The van der Waals surface area contributed by atoms with E-state index in [-0.39, 0.29) is 11.8 Å². The van der Waals surface area contributed by atoms with Crippen LogP contribution in [0.1, 0.15) is 17.3 Å². The molecule has 0 unspecified atom stereocenters. The number of halogens is 1. The SMILES string of the molecule is CC(=O)Nc1ccc(-c2ccnc(Nc3cccc(C(=O)N4CCN(c5ccccc5Cl)CC4)c3)n2)cc1. The highest BCUT2D eigenvalue weighted by atomic mass is 35.5. The second kappa shape index (κ2) is 11.3. The highest BCUT2D eigenvalue weighted by Crippen LogP contribution is 2.27. The minimum absolute atomic E-state index is 0.0126. The van der Waals surface area contributed by atoms with E-state index in [9.17, 15) is 9.59 Å². The lowest BCUT2D eigenvalue weighted by Crippen LogP contribution is -2.48. The average Bonchev–Trinajstić information content (AvgIpc) is 2.93. The molecule has 3 aromatic carbocycles. The average molecular weight is 527 g/mol. The zero-order valence-corrected chi connectivity index (χ0v) is 21.7. The van der Waals surface area contributed by atoms with Crippen LogP contribution in [0.3, 0.4) is 0 Å². The van der Waals surface area contributed by atoms with E-state index < -0.39 is 0 Å². The fourth-order valence-electron chi connectivity index (χ4n) is 4.41.